The SMILES string of the molecule is COc1cc(C2=NC(C3CCN(CC(=O)N(C)C)C3)=C3C=NC=C[N+]23C)ccc1NC(=O)c1cc2c(OC)cccc2n1C. The number of likely N-dealkylation sites (tertiary alicyclic amines) is 1. The van der Waals surface area contributed by atoms with E-state index in [4.69, 9.17) is 14.5 Å². The third-order valence-corrected chi connectivity index (χ3v) is 8.80. The fourth-order valence-electron chi connectivity index (χ4n) is 6.26. The van der Waals surface area contributed by atoms with Gasteiger partial charge in [0.1, 0.15) is 29.1 Å². The van der Waals surface area contributed by atoms with E-state index in [-0.39, 0.29) is 17.7 Å². The lowest BCUT2D eigenvalue weighted by Gasteiger charge is -2.28. The lowest BCUT2D eigenvalue weighted by Crippen LogP contribution is -2.43. The van der Waals surface area contributed by atoms with Crippen LogP contribution in [0.2, 0.25) is 0 Å². The van der Waals surface area contributed by atoms with Crippen molar-refractivity contribution in [3.05, 3.63) is 77.5 Å². The van der Waals surface area contributed by atoms with Crippen molar-refractivity contribution in [1.82, 2.24) is 14.4 Å². The summed E-state index contributed by atoms with van der Waals surface area (Å²) in [6.07, 6.45) is 6.63. The van der Waals surface area contributed by atoms with Crippen molar-refractivity contribution in [3.8, 4) is 11.5 Å². The molecule has 2 amide bonds. The molecule has 1 fully saturated rings. The number of anilines is 1. The molecule has 1 N–H and O–H groups in total. The third kappa shape index (κ3) is 4.97. The highest BCUT2D eigenvalue weighted by molar-refractivity contribution is 6.08. The van der Waals surface area contributed by atoms with Gasteiger partial charge in [-0.05, 0) is 49.4 Å². The minimum atomic E-state index is -0.256. The van der Waals surface area contributed by atoms with Crippen LogP contribution in [0.3, 0.4) is 0 Å². The Bertz CT molecular complexity index is 1780. The first-order valence-corrected chi connectivity index (χ1v) is 14.6. The third-order valence-electron chi connectivity index (χ3n) is 8.80. The second-order valence-electron chi connectivity index (χ2n) is 11.7. The Morgan fingerprint density at radius 1 is 1.11 bits per heavy atom. The Kier molecular flexibility index (Phi) is 7.60. The minimum absolute atomic E-state index is 0.0982. The normalized spacial score (nSPS) is 21.0. The molecule has 0 aliphatic carbocycles. The number of nitrogens with one attached hydrogen (secondary N) is 1. The average Bonchev–Trinajstić information content (AvgIpc) is 3.71. The van der Waals surface area contributed by atoms with Crippen LogP contribution in [0.25, 0.3) is 10.9 Å². The molecule has 2 aromatic carbocycles. The number of nitrogens with zero attached hydrogens (tertiary/aromatic N) is 6. The molecule has 0 bridgehead atoms. The second kappa shape index (κ2) is 11.4. The Labute approximate surface area is 257 Å². The topological polar surface area (TPSA) is 101 Å². The lowest BCUT2D eigenvalue weighted by atomic mass is 10.0. The number of hydrogen-bond donors (Lipinski definition) is 1. The molecule has 3 aliphatic rings. The predicted molar refractivity (Wildman–Crippen MR) is 171 cm³/mol. The molecule has 44 heavy (non-hydrogen) atoms. The van der Waals surface area contributed by atoms with Crippen LogP contribution in [0.15, 0.2) is 76.2 Å². The summed E-state index contributed by atoms with van der Waals surface area (Å²) in [6.45, 7) is 2.01. The van der Waals surface area contributed by atoms with Crippen molar-refractivity contribution in [1.29, 1.82) is 0 Å². The van der Waals surface area contributed by atoms with Gasteiger partial charge in [0.25, 0.3) is 5.91 Å². The first-order chi connectivity index (χ1) is 21.1. The number of ether oxygens (including phenoxy) is 2. The number of aliphatic imine (C=N–C) groups is 2. The van der Waals surface area contributed by atoms with Crippen LogP contribution >= 0.6 is 0 Å². The maximum absolute atomic E-state index is 13.5. The zero-order chi connectivity index (χ0) is 31.2. The number of methoxy groups -OCH3 is 2. The first kappa shape index (κ1) is 29.3. The quantitative estimate of drug-likeness (QED) is 0.399. The average molecular weight is 597 g/mol. The van der Waals surface area contributed by atoms with Gasteiger partial charge in [-0.2, -0.15) is 4.99 Å². The highest BCUT2D eigenvalue weighted by Crippen LogP contribution is 2.40. The summed E-state index contributed by atoms with van der Waals surface area (Å²) >= 11 is 0. The minimum Gasteiger partial charge on any atom is -0.496 e. The van der Waals surface area contributed by atoms with Gasteiger partial charge in [-0.15, -0.1) is 0 Å². The molecule has 0 spiro atoms. The van der Waals surface area contributed by atoms with Crippen molar-refractivity contribution in [3.63, 3.8) is 0 Å². The van der Waals surface area contributed by atoms with Crippen LogP contribution in [-0.2, 0) is 11.8 Å². The van der Waals surface area contributed by atoms with Crippen molar-refractivity contribution in [2.75, 3.05) is 60.3 Å². The number of quaternary nitrogens is 1. The number of likely N-dealkylation sites (N-methyl/N-ethyl adjacent to an activating group) is 1. The number of fused-ring (bicyclic) bond motifs is 2. The Balaban J connectivity index is 1.27. The molecule has 4 heterocycles. The molecule has 11 heteroatoms. The number of allylic oxidation sites excluding steroid dienone is 1. The summed E-state index contributed by atoms with van der Waals surface area (Å²) in [5, 5.41) is 3.90. The molecule has 0 saturated carbocycles. The van der Waals surface area contributed by atoms with Crippen molar-refractivity contribution < 1.29 is 23.5 Å². The molecule has 228 valence electrons. The van der Waals surface area contributed by atoms with Gasteiger partial charge in [-0.1, -0.05) is 6.07 Å². The van der Waals surface area contributed by atoms with E-state index in [1.165, 1.54) is 0 Å². The first-order valence-electron chi connectivity index (χ1n) is 14.6. The van der Waals surface area contributed by atoms with Gasteiger partial charge in [0, 0.05) is 39.0 Å². The van der Waals surface area contributed by atoms with Crippen LogP contribution in [0, 0.1) is 5.92 Å². The molecule has 0 radical (unpaired) electrons. The van der Waals surface area contributed by atoms with Crippen LogP contribution in [-0.4, -0.2) is 97.7 Å². The zero-order valence-corrected chi connectivity index (χ0v) is 26.0. The second-order valence-corrected chi connectivity index (χ2v) is 11.7. The van der Waals surface area contributed by atoms with Gasteiger partial charge in [0.15, 0.2) is 5.70 Å². The molecule has 1 aromatic heterocycles. The van der Waals surface area contributed by atoms with Gasteiger partial charge in [0.2, 0.25) is 11.7 Å². The summed E-state index contributed by atoms with van der Waals surface area (Å²) in [4.78, 5) is 39.3. The van der Waals surface area contributed by atoms with E-state index in [9.17, 15) is 9.59 Å². The number of carbonyl (C=O) groups excluding carboxylic acids is 2. The Hall–Kier alpha value is -4.74. The molecular formula is C33H38N7O4+. The largest absolute Gasteiger partial charge is 0.496 e. The van der Waals surface area contributed by atoms with E-state index < -0.39 is 0 Å². The van der Waals surface area contributed by atoms with Crippen LogP contribution in [0.4, 0.5) is 5.69 Å². The Morgan fingerprint density at radius 2 is 1.91 bits per heavy atom. The highest BCUT2D eigenvalue weighted by Gasteiger charge is 2.45. The summed E-state index contributed by atoms with van der Waals surface area (Å²) in [5.41, 5.74) is 4.86. The number of amidine groups is 1. The molecule has 3 aliphatic heterocycles. The highest BCUT2D eigenvalue weighted by atomic mass is 16.5. The molecule has 6 rings (SSSR count). The number of aryl methyl sites for hydroxylation is 1. The van der Waals surface area contributed by atoms with Crippen LogP contribution in [0.5, 0.6) is 11.5 Å². The van der Waals surface area contributed by atoms with Crippen LogP contribution < -0.4 is 14.8 Å². The van der Waals surface area contributed by atoms with E-state index >= 15 is 0 Å². The zero-order valence-electron chi connectivity index (χ0n) is 26.0. The Morgan fingerprint density at radius 3 is 2.66 bits per heavy atom. The molecule has 3 aromatic rings. The van der Waals surface area contributed by atoms with Crippen molar-refractivity contribution in [2.45, 2.75) is 6.42 Å². The van der Waals surface area contributed by atoms with Gasteiger partial charge >= 0.3 is 0 Å². The number of hydrogen-bond acceptors (Lipinski definition) is 7. The number of amides is 2. The molecule has 1 saturated heterocycles. The predicted octanol–water partition coefficient (Wildman–Crippen LogP) is 3.83. The van der Waals surface area contributed by atoms with Crippen LogP contribution in [0.1, 0.15) is 22.5 Å². The van der Waals surface area contributed by atoms with Crippen molar-refractivity contribution >= 4 is 40.5 Å². The molecule has 11 nitrogen and oxygen atoms in total. The smallest absolute Gasteiger partial charge is 0.272 e. The van der Waals surface area contributed by atoms with Crippen molar-refractivity contribution in [2.24, 2.45) is 23.0 Å². The summed E-state index contributed by atoms with van der Waals surface area (Å²) < 4.78 is 13.5. The number of carbonyl (C=O) groups is 2. The molecule has 2 unspecified atom stereocenters. The molecular weight excluding hydrogens is 558 g/mol. The van der Waals surface area contributed by atoms with E-state index in [0.717, 1.165) is 53.2 Å². The fourth-order valence-corrected chi connectivity index (χ4v) is 6.26. The maximum Gasteiger partial charge on any atom is 0.272 e. The van der Waals surface area contributed by atoms with E-state index in [0.29, 0.717) is 33.9 Å². The summed E-state index contributed by atoms with van der Waals surface area (Å²) in [6, 6.07) is 13.3. The fraction of sp³-hybridized carbons (Fsp3) is 0.333. The molecule has 2 atom stereocenters. The van der Waals surface area contributed by atoms with Gasteiger partial charge in [-0.3, -0.25) is 19.5 Å². The number of benzene rings is 2. The van der Waals surface area contributed by atoms with E-state index in [1.54, 1.807) is 39.4 Å². The van der Waals surface area contributed by atoms with Gasteiger partial charge in [0.05, 0.1) is 57.0 Å². The maximum atomic E-state index is 13.5. The standard InChI is InChI=1S/C33H37N7O4/c1-37(2)30(41)20-39-14-12-22(19-39)31-27-18-34-13-15-40(27,4)32(36-31)21-10-11-24(29(16-21)44-6)35-33(42)26-17-23-25(38(26)3)8-7-9-28(23)43-5/h7-11,13,15-18,22H,12,14,19-20H2,1-6H3/p+1. The number of rotatable bonds is 8. The van der Waals surface area contributed by atoms with E-state index in [2.05, 4.69) is 22.3 Å². The van der Waals surface area contributed by atoms with Gasteiger partial charge in [-0.25, -0.2) is 4.48 Å². The lowest BCUT2D eigenvalue weighted by molar-refractivity contribution is -0.713. The summed E-state index contributed by atoms with van der Waals surface area (Å²) in [5.74, 6) is 2.12. The van der Waals surface area contributed by atoms with Gasteiger partial charge < -0.3 is 24.3 Å². The van der Waals surface area contributed by atoms with E-state index in [1.807, 2.05) is 66.5 Å². The number of aromatic nitrogens is 1. The summed E-state index contributed by atoms with van der Waals surface area (Å²) in [7, 11) is 10.7. The monoisotopic (exact) mass is 596 g/mol.